The third-order valence-electron chi connectivity index (χ3n) is 3.95. The summed E-state index contributed by atoms with van der Waals surface area (Å²) in [5, 5.41) is 4.44. The van der Waals surface area contributed by atoms with Gasteiger partial charge in [0, 0.05) is 24.7 Å². The molecule has 0 radical (unpaired) electrons. The average Bonchev–Trinajstić information content (AvgIpc) is 2.64. The Labute approximate surface area is 123 Å². The van der Waals surface area contributed by atoms with Crippen molar-refractivity contribution in [3.05, 3.63) is 15.9 Å². The number of piperidine rings is 1. The van der Waals surface area contributed by atoms with Crippen molar-refractivity contribution in [2.75, 3.05) is 6.54 Å². The smallest absolute Gasteiger partial charge is 0.224 e. The number of hydrogen-bond donors (Lipinski definition) is 0. The topological polar surface area (TPSA) is 38.1 Å². The van der Waals surface area contributed by atoms with E-state index < -0.39 is 0 Å². The third kappa shape index (κ3) is 3.19. The largest absolute Gasteiger partial charge is 0.340 e. The molecule has 1 aromatic heterocycles. The van der Waals surface area contributed by atoms with Crippen molar-refractivity contribution in [1.29, 1.82) is 0 Å². The number of likely N-dealkylation sites (tertiary alicyclic amines) is 1. The molecular formula is C14H22BrN3O. The second-order valence-electron chi connectivity index (χ2n) is 5.39. The average molecular weight is 328 g/mol. The minimum absolute atomic E-state index is 0.260. The molecule has 0 unspecified atom stereocenters. The van der Waals surface area contributed by atoms with Crippen molar-refractivity contribution >= 4 is 21.8 Å². The van der Waals surface area contributed by atoms with E-state index in [1.807, 2.05) is 23.4 Å². The van der Waals surface area contributed by atoms with Crippen LogP contribution in [-0.2, 0) is 11.3 Å². The van der Waals surface area contributed by atoms with Gasteiger partial charge in [0.25, 0.3) is 0 Å². The zero-order chi connectivity index (χ0) is 14.0. The second-order valence-corrected chi connectivity index (χ2v) is 6.18. The van der Waals surface area contributed by atoms with Crippen LogP contribution in [0.1, 0.15) is 44.0 Å². The lowest BCUT2D eigenvalue weighted by Gasteiger charge is -2.33. The number of hydrogen-bond acceptors (Lipinski definition) is 2. The van der Waals surface area contributed by atoms with Crippen LogP contribution in [0.3, 0.4) is 0 Å². The molecule has 19 heavy (non-hydrogen) atoms. The van der Waals surface area contributed by atoms with E-state index in [0.717, 1.165) is 35.2 Å². The number of halogens is 1. The van der Waals surface area contributed by atoms with Crippen molar-refractivity contribution in [3.8, 4) is 0 Å². The normalized spacial score (nSPS) is 19.8. The van der Waals surface area contributed by atoms with Gasteiger partial charge in [-0.2, -0.15) is 5.10 Å². The van der Waals surface area contributed by atoms with Gasteiger partial charge in [-0.15, -0.1) is 0 Å². The molecule has 0 spiro atoms. The van der Waals surface area contributed by atoms with Gasteiger partial charge in [-0.25, -0.2) is 0 Å². The fourth-order valence-corrected chi connectivity index (χ4v) is 2.99. The Hall–Kier alpha value is -0.840. The van der Waals surface area contributed by atoms with E-state index in [1.54, 1.807) is 0 Å². The lowest BCUT2D eigenvalue weighted by Crippen LogP contribution is -2.42. The van der Waals surface area contributed by atoms with Crippen LogP contribution < -0.4 is 0 Å². The molecule has 5 heteroatoms. The highest BCUT2D eigenvalue weighted by Gasteiger charge is 2.23. The van der Waals surface area contributed by atoms with Crippen LogP contribution in [0.2, 0.25) is 0 Å². The van der Waals surface area contributed by atoms with Crippen LogP contribution in [-0.4, -0.2) is 33.2 Å². The van der Waals surface area contributed by atoms with Gasteiger partial charge in [0.05, 0.1) is 16.7 Å². The van der Waals surface area contributed by atoms with Crippen LogP contribution in [0.25, 0.3) is 0 Å². The van der Waals surface area contributed by atoms with E-state index >= 15 is 0 Å². The predicted octanol–water partition coefficient (Wildman–Crippen LogP) is 3.05. The first kappa shape index (κ1) is 14.6. The van der Waals surface area contributed by atoms with E-state index in [1.165, 1.54) is 6.42 Å². The van der Waals surface area contributed by atoms with Crippen molar-refractivity contribution < 1.29 is 4.79 Å². The molecule has 106 valence electrons. The monoisotopic (exact) mass is 327 g/mol. The molecule has 4 nitrogen and oxygen atoms in total. The highest BCUT2D eigenvalue weighted by molar-refractivity contribution is 9.10. The molecule has 1 aliphatic heterocycles. The van der Waals surface area contributed by atoms with Crippen LogP contribution in [0.15, 0.2) is 4.47 Å². The molecule has 1 atom stereocenters. The summed E-state index contributed by atoms with van der Waals surface area (Å²) in [5.41, 5.74) is 2.08. The third-order valence-corrected chi connectivity index (χ3v) is 5.10. The molecule has 0 N–H and O–H groups in total. The molecule has 0 aromatic carbocycles. The molecule has 2 rings (SSSR count). The molecule has 0 saturated carbocycles. The van der Waals surface area contributed by atoms with Gasteiger partial charge in [-0.05, 0) is 56.0 Å². The summed E-state index contributed by atoms with van der Waals surface area (Å²) >= 11 is 3.51. The van der Waals surface area contributed by atoms with Crippen LogP contribution in [0.4, 0.5) is 0 Å². The highest BCUT2D eigenvalue weighted by Crippen LogP contribution is 2.21. The summed E-state index contributed by atoms with van der Waals surface area (Å²) in [7, 11) is 0. The first-order chi connectivity index (χ1) is 9.00. The van der Waals surface area contributed by atoms with E-state index in [4.69, 9.17) is 0 Å². The van der Waals surface area contributed by atoms with Gasteiger partial charge >= 0.3 is 0 Å². The summed E-state index contributed by atoms with van der Waals surface area (Å²) < 4.78 is 2.97. The minimum Gasteiger partial charge on any atom is -0.340 e. The zero-order valence-electron chi connectivity index (χ0n) is 11.9. The van der Waals surface area contributed by atoms with Crippen molar-refractivity contribution in [3.63, 3.8) is 0 Å². The van der Waals surface area contributed by atoms with E-state index in [2.05, 4.69) is 28.0 Å². The van der Waals surface area contributed by atoms with E-state index in [0.29, 0.717) is 19.0 Å². The van der Waals surface area contributed by atoms with E-state index in [-0.39, 0.29) is 5.91 Å². The number of rotatable bonds is 3. The molecular weight excluding hydrogens is 306 g/mol. The molecule has 1 fully saturated rings. The predicted molar refractivity (Wildman–Crippen MR) is 79.0 cm³/mol. The SMILES string of the molecule is Cc1nn(CCC(=O)N2CCCC[C@H]2C)c(C)c1Br. The summed E-state index contributed by atoms with van der Waals surface area (Å²) in [6, 6.07) is 0.397. The van der Waals surface area contributed by atoms with Crippen LogP contribution >= 0.6 is 15.9 Å². The Balaban J connectivity index is 1.94. The van der Waals surface area contributed by atoms with Gasteiger partial charge in [-0.1, -0.05) is 0 Å². The lowest BCUT2D eigenvalue weighted by molar-refractivity contribution is -0.134. The minimum atomic E-state index is 0.260. The van der Waals surface area contributed by atoms with Crippen molar-refractivity contribution in [2.24, 2.45) is 0 Å². The second kappa shape index (κ2) is 6.07. The molecule has 1 saturated heterocycles. The van der Waals surface area contributed by atoms with Crippen LogP contribution in [0, 0.1) is 13.8 Å². The van der Waals surface area contributed by atoms with Gasteiger partial charge in [0.2, 0.25) is 5.91 Å². The number of aromatic nitrogens is 2. The molecule has 0 bridgehead atoms. The fourth-order valence-electron chi connectivity index (χ4n) is 2.71. The first-order valence-electron chi connectivity index (χ1n) is 6.99. The number of amides is 1. The number of carbonyl (C=O) groups is 1. The maximum atomic E-state index is 12.3. The Kier molecular flexibility index (Phi) is 4.66. The molecule has 0 aliphatic carbocycles. The summed E-state index contributed by atoms with van der Waals surface area (Å²) in [6.07, 6.45) is 4.06. The van der Waals surface area contributed by atoms with Crippen LogP contribution in [0.5, 0.6) is 0 Å². The summed E-state index contributed by atoms with van der Waals surface area (Å²) in [5.74, 6) is 0.260. The molecule has 1 aromatic rings. The van der Waals surface area contributed by atoms with Gasteiger partial charge < -0.3 is 4.90 Å². The molecule has 1 aliphatic rings. The van der Waals surface area contributed by atoms with E-state index in [9.17, 15) is 4.79 Å². The quantitative estimate of drug-likeness (QED) is 0.855. The Morgan fingerprint density at radius 3 is 2.74 bits per heavy atom. The summed E-state index contributed by atoms with van der Waals surface area (Å²) in [6.45, 7) is 7.73. The number of carbonyl (C=O) groups excluding carboxylic acids is 1. The standard InChI is InChI=1S/C14H22BrN3O/c1-10-6-4-5-8-17(10)13(19)7-9-18-12(3)14(15)11(2)16-18/h10H,4-9H2,1-3H3/t10-/m1/s1. The lowest BCUT2D eigenvalue weighted by atomic mass is 10.0. The fraction of sp³-hybridized carbons (Fsp3) is 0.714. The Bertz CT molecular complexity index is 470. The molecule has 1 amide bonds. The van der Waals surface area contributed by atoms with Crippen molar-refractivity contribution in [1.82, 2.24) is 14.7 Å². The zero-order valence-corrected chi connectivity index (χ0v) is 13.5. The molecule has 2 heterocycles. The van der Waals surface area contributed by atoms with Gasteiger partial charge in [0.15, 0.2) is 0 Å². The number of nitrogens with zero attached hydrogens (tertiary/aromatic N) is 3. The highest BCUT2D eigenvalue weighted by atomic mass is 79.9. The van der Waals surface area contributed by atoms with Gasteiger partial charge in [0.1, 0.15) is 0 Å². The Morgan fingerprint density at radius 1 is 1.42 bits per heavy atom. The maximum absolute atomic E-state index is 12.3. The Morgan fingerprint density at radius 2 is 2.16 bits per heavy atom. The van der Waals surface area contributed by atoms with Gasteiger partial charge in [-0.3, -0.25) is 9.48 Å². The van der Waals surface area contributed by atoms with Crippen molar-refractivity contribution in [2.45, 2.75) is 59.0 Å². The first-order valence-corrected chi connectivity index (χ1v) is 7.79. The maximum Gasteiger partial charge on any atom is 0.224 e. The summed E-state index contributed by atoms with van der Waals surface area (Å²) in [4.78, 5) is 14.3. The number of aryl methyl sites for hydroxylation is 2.